The first-order valence-electron chi connectivity index (χ1n) is 5.91. The smallest absolute Gasteiger partial charge is 0.227 e. The number of rotatable bonds is 3. The van der Waals surface area contributed by atoms with Gasteiger partial charge in [0.1, 0.15) is 5.75 Å². The lowest BCUT2D eigenvalue weighted by atomic mass is 10.3. The average molecular weight is 316 g/mol. The van der Waals surface area contributed by atoms with Crippen LogP contribution in [0.5, 0.6) is 11.6 Å². The molecule has 0 aliphatic rings. The normalized spacial score (nSPS) is 12.0. The van der Waals surface area contributed by atoms with Gasteiger partial charge in [-0.2, -0.15) is 0 Å². The summed E-state index contributed by atoms with van der Waals surface area (Å²) in [6, 6.07) is 9.52. The molecule has 96 valence electrons. The first-order valence-corrected chi connectivity index (χ1v) is 6.70. The van der Waals surface area contributed by atoms with E-state index >= 15 is 0 Å². The Morgan fingerprint density at radius 1 is 1.32 bits per heavy atom. The van der Waals surface area contributed by atoms with Gasteiger partial charge in [0.25, 0.3) is 0 Å². The van der Waals surface area contributed by atoms with Crippen LogP contribution in [0.2, 0.25) is 0 Å². The zero-order valence-electron chi connectivity index (χ0n) is 10.6. The summed E-state index contributed by atoms with van der Waals surface area (Å²) in [5.41, 5.74) is 0. The number of allylic oxidation sites excluding steroid dienone is 2. The van der Waals surface area contributed by atoms with Gasteiger partial charge in [-0.15, -0.1) is 0 Å². The standard InChI is InChI=1S/C16H14BrNO/c1-3-4-8-15-12(2)9-10-18-16(15)19-14-7-5-6-13(17)11-14/h3-11H,2H2,1H3/b4-3-,15-8+. The van der Waals surface area contributed by atoms with Crippen LogP contribution < -0.4 is 15.2 Å². The van der Waals surface area contributed by atoms with Crippen molar-refractivity contribution < 1.29 is 4.74 Å². The Bertz CT molecular complexity index is 707. The van der Waals surface area contributed by atoms with Crippen molar-refractivity contribution >= 4 is 28.6 Å². The zero-order chi connectivity index (χ0) is 13.7. The zero-order valence-corrected chi connectivity index (χ0v) is 12.2. The van der Waals surface area contributed by atoms with Gasteiger partial charge in [-0.25, -0.2) is 4.98 Å². The van der Waals surface area contributed by atoms with Crippen LogP contribution in [-0.2, 0) is 0 Å². The predicted octanol–water partition coefficient (Wildman–Crippen LogP) is 3.40. The highest BCUT2D eigenvalue weighted by atomic mass is 79.9. The molecular weight excluding hydrogens is 302 g/mol. The Kier molecular flexibility index (Phi) is 4.53. The van der Waals surface area contributed by atoms with Gasteiger partial charge in [0.2, 0.25) is 5.88 Å². The third-order valence-corrected chi connectivity index (χ3v) is 3.00. The van der Waals surface area contributed by atoms with Gasteiger partial charge in [0.05, 0.1) is 0 Å². The maximum absolute atomic E-state index is 5.82. The molecule has 19 heavy (non-hydrogen) atoms. The number of aromatic nitrogens is 1. The summed E-state index contributed by atoms with van der Waals surface area (Å²) in [4.78, 5) is 4.27. The van der Waals surface area contributed by atoms with Gasteiger partial charge < -0.3 is 4.74 Å². The minimum Gasteiger partial charge on any atom is -0.438 e. The number of ether oxygens (including phenoxy) is 1. The van der Waals surface area contributed by atoms with Crippen molar-refractivity contribution in [1.29, 1.82) is 0 Å². The van der Waals surface area contributed by atoms with E-state index in [2.05, 4.69) is 27.5 Å². The molecule has 0 saturated carbocycles. The lowest BCUT2D eigenvalue weighted by molar-refractivity contribution is 0.458. The van der Waals surface area contributed by atoms with Crippen molar-refractivity contribution in [3.8, 4) is 11.6 Å². The van der Waals surface area contributed by atoms with Gasteiger partial charge >= 0.3 is 0 Å². The summed E-state index contributed by atoms with van der Waals surface area (Å²) in [6.07, 6.45) is 7.54. The van der Waals surface area contributed by atoms with Gasteiger partial charge in [0.15, 0.2) is 0 Å². The molecule has 3 heteroatoms. The van der Waals surface area contributed by atoms with Crippen molar-refractivity contribution in [1.82, 2.24) is 4.98 Å². The van der Waals surface area contributed by atoms with Gasteiger partial charge in [-0.3, -0.25) is 0 Å². The molecule has 0 radical (unpaired) electrons. The second kappa shape index (κ2) is 6.34. The molecule has 1 heterocycles. The summed E-state index contributed by atoms with van der Waals surface area (Å²) in [6.45, 7) is 5.96. The fourth-order valence-electron chi connectivity index (χ4n) is 1.59. The molecule has 0 aliphatic carbocycles. The maximum Gasteiger partial charge on any atom is 0.227 e. The molecular formula is C16H14BrNO. The summed E-state index contributed by atoms with van der Waals surface area (Å²) in [5, 5.41) is 1.78. The van der Waals surface area contributed by atoms with E-state index in [1.807, 2.05) is 55.5 Å². The molecule has 0 fully saturated rings. The Hall–Kier alpha value is -1.87. The van der Waals surface area contributed by atoms with E-state index in [-0.39, 0.29) is 0 Å². The van der Waals surface area contributed by atoms with Crippen LogP contribution in [0.1, 0.15) is 6.92 Å². The number of benzene rings is 1. The molecule has 0 bridgehead atoms. The minimum atomic E-state index is 0.559. The average Bonchev–Trinajstić information content (AvgIpc) is 2.38. The number of nitrogens with zero attached hydrogens (tertiary/aromatic N) is 1. The molecule has 0 aliphatic heterocycles. The third-order valence-electron chi connectivity index (χ3n) is 2.51. The molecule has 2 rings (SSSR count). The van der Waals surface area contributed by atoms with E-state index in [1.165, 1.54) is 0 Å². The Balaban J connectivity index is 2.46. The fourth-order valence-corrected chi connectivity index (χ4v) is 1.96. The SMILES string of the molecule is C=c1ccnc(Oc2cccc(Br)c2)/c1=C/C=C\C. The predicted molar refractivity (Wildman–Crippen MR) is 82.5 cm³/mol. The molecule has 0 amide bonds. The van der Waals surface area contributed by atoms with Crippen molar-refractivity contribution in [3.05, 3.63) is 63.6 Å². The molecule has 1 aromatic heterocycles. The molecule has 0 unspecified atom stereocenters. The van der Waals surface area contributed by atoms with Crippen LogP contribution in [0.25, 0.3) is 12.7 Å². The summed E-state index contributed by atoms with van der Waals surface area (Å²) >= 11 is 3.42. The fraction of sp³-hybridized carbons (Fsp3) is 0.0625. The lowest BCUT2D eigenvalue weighted by Gasteiger charge is -2.05. The number of hydrogen-bond acceptors (Lipinski definition) is 2. The molecule has 2 nitrogen and oxygen atoms in total. The molecule has 1 aromatic carbocycles. The Morgan fingerprint density at radius 3 is 2.89 bits per heavy atom. The highest BCUT2D eigenvalue weighted by molar-refractivity contribution is 9.10. The van der Waals surface area contributed by atoms with E-state index in [0.29, 0.717) is 5.88 Å². The molecule has 0 saturated heterocycles. The van der Waals surface area contributed by atoms with Crippen LogP contribution in [0.4, 0.5) is 0 Å². The van der Waals surface area contributed by atoms with Gasteiger partial charge in [-0.05, 0) is 42.5 Å². The van der Waals surface area contributed by atoms with E-state index in [9.17, 15) is 0 Å². The molecule has 0 spiro atoms. The van der Waals surface area contributed by atoms with Crippen LogP contribution in [-0.4, -0.2) is 4.98 Å². The largest absolute Gasteiger partial charge is 0.438 e. The lowest BCUT2D eigenvalue weighted by Crippen LogP contribution is -2.25. The maximum atomic E-state index is 5.82. The van der Waals surface area contributed by atoms with Crippen LogP contribution in [0.15, 0.2) is 53.2 Å². The highest BCUT2D eigenvalue weighted by Crippen LogP contribution is 2.20. The molecule has 0 atom stereocenters. The number of halogens is 1. The quantitative estimate of drug-likeness (QED) is 0.866. The molecule has 0 N–H and O–H groups in total. The van der Waals surface area contributed by atoms with E-state index < -0.39 is 0 Å². The summed E-state index contributed by atoms with van der Waals surface area (Å²) < 4.78 is 6.79. The second-order valence-corrected chi connectivity index (χ2v) is 4.86. The number of hydrogen-bond donors (Lipinski definition) is 0. The van der Waals surface area contributed by atoms with Crippen LogP contribution in [0.3, 0.4) is 0 Å². The highest BCUT2D eigenvalue weighted by Gasteiger charge is 2.01. The van der Waals surface area contributed by atoms with E-state index in [1.54, 1.807) is 6.20 Å². The minimum absolute atomic E-state index is 0.559. The Labute approximate surface area is 120 Å². The monoisotopic (exact) mass is 315 g/mol. The van der Waals surface area contributed by atoms with Crippen LogP contribution >= 0.6 is 15.9 Å². The van der Waals surface area contributed by atoms with E-state index in [4.69, 9.17) is 4.74 Å². The summed E-state index contributed by atoms with van der Waals surface area (Å²) in [5.74, 6) is 1.30. The number of pyridine rings is 1. The van der Waals surface area contributed by atoms with Crippen LogP contribution in [0, 0.1) is 0 Å². The first kappa shape index (κ1) is 13.6. The first-order chi connectivity index (χ1) is 9.20. The van der Waals surface area contributed by atoms with Crippen molar-refractivity contribution in [2.45, 2.75) is 6.92 Å². The molecule has 2 aromatic rings. The van der Waals surface area contributed by atoms with Crippen molar-refractivity contribution in [3.63, 3.8) is 0 Å². The van der Waals surface area contributed by atoms with Crippen molar-refractivity contribution in [2.24, 2.45) is 0 Å². The second-order valence-electron chi connectivity index (χ2n) is 3.94. The topological polar surface area (TPSA) is 22.1 Å². The van der Waals surface area contributed by atoms with Gasteiger partial charge in [0, 0.05) is 15.9 Å². The van der Waals surface area contributed by atoms with Gasteiger partial charge in [-0.1, -0.05) is 40.7 Å². The van der Waals surface area contributed by atoms with Crippen molar-refractivity contribution in [2.75, 3.05) is 0 Å². The Morgan fingerprint density at radius 2 is 2.16 bits per heavy atom. The third kappa shape index (κ3) is 3.55. The van der Waals surface area contributed by atoms with E-state index in [0.717, 1.165) is 20.7 Å². The summed E-state index contributed by atoms with van der Waals surface area (Å²) in [7, 11) is 0.